The molecule has 2 N–H and O–H groups in total. The van der Waals surface area contributed by atoms with Crippen LogP contribution in [0.5, 0.6) is 5.75 Å². The Morgan fingerprint density at radius 2 is 2.13 bits per heavy atom. The van der Waals surface area contributed by atoms with Crippen LogP contribution in [-0.2, 0) is 10.2 Å². The van der Waals surface area contributed by atoms with Gasteiger partial charge in [0.1, 0.15) is 5.75 Å². The lowest BCUT2D eigenvalue weighted by Gasteiger charge is -2.14. The first kappa shape index (κ1) is 10.5. The molecule has 0 bridgehead atoms. The predicted octanol–water partition coefficient (Wildman–Crippen LogP) is 2.66. The molecule has 0 spiro atoms. The molecule has 2 rings (SSSR count). The third-order valence-electron chi connectivity index (χ3n) is 2.87. The monoisotopic (exact) mass is 270 g/mol. The number of halogens is 1. The summed E-state index contributed by atoms with van der Waals surface area (Å²) in [4.78, 5) is 10.7. The third-order valence-corrected chi connectivity index (χ3v) is 3.37. The van der Waals surface area contributed by atoms with Gasteiger partial charge in [-0.15, -0.1) is 0 Å². The van der Waals surface area contributed by atoms with Crippen molar-refractivity contribution in [3.05, 3.63) is 28.2 Å². The van der Waals surface area contributed by atoms with Gasteiger partial charge in [0.25, 0.3) is 0 Å². The Labute approximate surface area is 95.9 Å². The van der Waals surface area contributed by atoms with Crippen molar-refractivity contribution in [2.24, 2.45) is 0 Å². The summed E-state index contributed by atoms with van der Waals surface area (Å²) < 4.78 is 0.868. The van der Waals surface area contributed by atoms with Gasteiger partial charge in [-0.2, -0.15) is 0 Å². The zero-order chi connectivity index (χ0) is 11.1. The van der Waals surface area contributed by atoms with E-state index in [1.165, 1.54) is 0 Å². The van der Waals surface area contributed by atoms with Gasteiger partial charge < -0.3 is 10.2 Å². The lowest BCUT2D eigenvalue weighted by Crippen LogP contribution is -2.13. The Morgan fingerprint density at radius 3 is 2.67 bits per heavy atom. The molecule has 0 aliphatic heterocycles. The fourth-order valence-electron chi connectivity index (χ4n) is 1.91. The van der Waals surface area contributed by atoms with Crippen molar-refractivity contribution >= 4 is 21.9 Å². The second-order valence-electron chi connectivity index (χ2n) is 4.01. The minimum absolute atomic E-state index is 0.0943. The van der Waals surface area contributed by atoms with Gasteiger partial charge in [0.2, 0.25) is 0 Å². The Kier molecular flexibility index (Phi) is 2.46. The van der Waals surface area contributed by atoms with E-state index < -0.39 is 5.97 Å². The fourth-order valence-corrected chi connectivity index (χ4v) is 2.28. The number of hydrogen-bond donors (Lipinski definition) is 2. The Bertz CT molecular complexity index is 410. The van der Waals surface area contributed by atoms with Crippen molar-refractivity contribution in [1.29, 1.82) is 0 Å². The van der Waals surface area contributed by atoms with Crippen molar-refractivity contribution < 1.29 is 15.0 Å². The first-order valence-electron chi connectivity index (χ1n) is 4.74. The van der Waals surface area contributed by atoms with E-state index >= 15 is 0 Å². The molecule has 0 unspecified atom stereocenters. The summed E-state index contributed by atoms with van der Waals surface area (Å²) in [6.45, 7) is 0. The number of carbonyl (C=O) groups is 1. The first-order valence-corrected chi connectivity index (χ1v) is 5.54. The predicted molar refractivity (Wildman–Crippen MR) is 59.0 cm³/mol. The number of hydrogen-bond acceptors (Lipinski definition) is 2. The molecule has 15 heavy (non-hydrogen) atoms. The molecule has 0 atom stereocenters. The molecule has 80 valence electrons. The lowest BCUT2D eigenvalue weighted by molar-refractivity contribution is -0.137. The van der Waals surface area contributed by atoms with Gasteiger partial charge in [0.15, 0.2) is 0 Å². The molecule has 0 aromatic heterocycles. The average molecular weight is 271 g/mol. The summed E-state index contributed by atoms with van der Waals surface area (Å²) in [6, 6.07) is 5.16. The molecular formula is C11H11BrO3. The maximum Gasteiger partial charge on any atom is 0.304 e. The minimum Gasteiger partial charge on any atom is -0.508 e. The number of aliphatic carboxylic acids is 1. The molecule has 0 heterocycles. The second kappa shape index (κ2) is 3.52. The van der Waals surface area contributed by atoms with E-state index in [-0.39, 0.29) is 17.6 Å². The quantitative estimate of drug-likeness (QED) is 0.888. The van der Waals surface area contributed by atoms with E-state index in [1.54, 1.807) is 12.1 Å². The molecular weight excluding hydrogens is 260 g/mol. The summed E-state index contributed by atoms with van der Waals surface area (Å²) in [6.07, 6.45) is 1.77. The van der Waals surface area contributed by atoms with Gasteiger partial charge in [-0.3, -0.25) is 4.79 Å². The van der Waals surface area contributed by atoms with Gasteiger partial charge in [0, 0.05) is 15.5 Å². The van der Waals surface area contributed by atoms with Crippen molar-refractivity contribution in [3.8, 4) is 5.75 Å². The van der Waals surface area contributed by atoms with Crippen molar-refractivity contribution in [2.45, 2.75) is 24.7 Å². The largest absolute Gasteiger partial charge is 0.508 e. The summed E-state index contributed by atoms with van der Waals surface area (Å²) in [5.41, 5.74) is 0.416. The van der Waals surface area contributed by atoms with Crippen molar-refractivity contribution in [3.63, 3.8) is 0 Å². The fraction of sp³-hybridized carbons (Fsp3) is 0.364. The summed E-state index contributed by atoms with van der Waals surface area (Å²) in [7, 11) is 0. The molecule has 1 aromatic rings. The van der Waals surface area contributed by atoms with Gasteiger partial charge >= 0.3 is 5.97 Å². The van der Waals surface area contributed by atoms with E-state index in [1.807, 2.05) is 6.07 Å². The highest BCUT2D eigenvalue weighted by atomic mass is 79.9. The minimum atomic E-state index is -0.813. The van der Waals surface area contributed by atoms with E-state index in [9.17, 15) is 9.90 Å². The van der Waals surface area contributed by atoms with Crippen LogP contribution in [0.4, 0.5) is 0 Å². The molecule has 1 fully saturated rings. The molecule has 0 amide bonds. The van der Waals surface area contributed by atoms with E-state index in [4.69, 9.17) is 5.11 Å². The number of aromatic hydroxyl groups is 1. The Balaban J connectivity index is 2.36. The molecule has 0 radical (unpaired) electrons. The van der Waals surface area contributed by atoms with Gasteiger partial charge in [-0.25, -0.2) is 0 Å². The summed E-state index contributed by atoms with van der Waals surface area (Å²) in [5, 5.41) is 18.5. The smallest absolute Gasteiger partial charge is 0.304 e. The van der Waals surface area contributed by atoms with Gasteiger partial charge in [-0.05, 0) is 31.0 Å². The molecule has 1 aromatic carbocycles. The molecule has 4 heteroatoms. The highest BCUT2D eigenvalue weighted by Crippen LogP contribution is 2.54. The molecule has 3 nitrogen and oxygen atoms in total. The highest BCUT2D eigenvalue weighted by molar-refractivity contribution is 9.10. The molecule has 1 saturated carbocycles. The number of carboxylic acid groups (broad SMARTS) is 1. The van der Waals surface area contributed by atoms with E-state index in [0.29, 0.717) is 0 Å². The Hall–Kier alpha value is -1.03. The lowest BCUT2D eigenvalue weighted by atomic mass is 9.92. The first-order chi connectivity index (χ1) is 7.03. The number of benzene rings is 1. The van der Waals surface area contributed by atoms with Crippen LogP contribution < -0.4 is 0 Å². The van der Waals surface area contributed by atoms with Crippen molar-refractivity contribution in [2.75, 3.05) is 0 Å². The zero-order valence-electron chi connectivity index (χ0n) is 8.03. The zero-order valence-corrected chi connectivity index (χ0v) is 9.62. The highest BCUT2D eigenvalue weighted by Gasteiger charge is 2.47. The SMILES string of the molecule is O=C(O)CC1(c2cc(Br)ccc2O)CC1. The molecule has 1 aliphatic rings. The maximum atomic E-state index is 10.7. The van der Waals surface area contributed by atoms with E-state index in [2.05, 4.69) is 15.9 Å². The van der Waals surface area contributed by atoms with Crippen LogP contribution in [0, 0.1) is 0 Å². The number of phenolic OH excluding ortho intramolecular Hbond substituents is 1. The van der Waals surface area contributed by atoms with Crippen molar-refractivity contribution in [1.82, 2.24) is 0 Å². The second-order valence-corrected chi connectivity index (χ2v) is 4.93. The van der Waals surface area contributed by atoms with Gasteiger partial charge in [-0.1, -0.05) is 15.9 Å². The van der Waals surface area contributed by atoms with E-state index in [0.717, 1.165) is 22.9 Å². The summed E-state index contributed by atoms with van der Waals surface area (Å²) >= 11 is 3.32. The van der Waals surface area contributed by atoms with Crippen LogP contribution in [0.3, 0.4) is 0 Å². The standard InChI is InChI=1S/C11H11BrO3/c12-7-1-2-9(13)8(5-7)11(3-4-11)6-10(14)15/h1-2,5,13H,3-4,6H2,(H,14,15). The van der Waals surface area contributed by atoms with Crippen LogP contribution >= 0.6 is 15.9 Å². The maximum absolute atomic E-state index is 10.7. The van der Waals surface area contributed by atoms with Crippen LogP contribution in [-0.4, -0.2) is 16.2 Å². The molecule has 0 saturated heterocycles. The van der Waals surface area contributed by atoms with Crippen LogP contribution in [0.15, 0.2) is 22.7 Å². The average Bonchev–Trinajstić information content (AvgIpc) is 2.89. The number of carboxylic acids is 1. The molecule has 1 aliphatic carbocycles. The van der Waals surface area contributed by atoms with Crippen LogP contribution in [0.2, 0.25) is 0 Å². The third kappa shape index (κ3) is 2.00. The normalized spacial score (nSPS) is 17.4. The topological polar surface area (TPSA) is 57.5 Å². The van der Waals surface area contributed by atoms with Crippen LogP contribution in [0.1, 0.15) is 24.8 Å². The number of phenols is 1. The van der Waals surface area contributed by atoms with Gasteiger partial charge in [0.05, 0.1) is 6.42 Å². The summed E-state index contributed by atoms with van der Waals surface area (Å²) in [5.74, 6) is -0.621. The Morgan fingerprint density at radius 1 is 1.47 bits per heavy atom. The number of rotatable bonds is 3. The van der Waals surface area contributed by atoms with Crippen LogP contribution in [0.25, 0.3) is 0 Å².